The van der Waals surface area contributed by atoms with Crippen molar-refractivity contribution in [3.8, 4) is 51.2 Å². The number of fused-ring (bicyclic) bond motifs is 6. The van der Waals surface area contributed by atoms with E-state index in [1.165, 1.54) is 0 Å². The fourth-order valence-electron chi connectivity index (χ4n) is 6.36. The average molecular weight is 634 g/mol. The molecule has 2 N–H and O–H groups in total. The van der Waals surface area contributed by atoms with E-state index in [-0.39, 0.29) is 33.7 Å². The molecule has 0 unspecified atom stereocenters. The van der Waals surface area contributed by atoms with Crippen LogP contribution >= 0.6 is 0 Å². The molecule has 0 saturated carbocycles. The highest BCUT2D eigenvalue weighted by Gasteiger charge is 2.65. The van der Waals surface area contributed by atoms with Crippen LogP contribution < -0.4 is 13.9 Å². The van der Waals surface area contributed by atoms with Gasteiger partial charge in [0.05, 0.1) is 47.0 Å². The number of pyridine rings is 2. The molecular weight excluding hydrogens is 600 g/mol. The van der Waals surface area contributed by atoms with Crippen molar-refractivity contribution in [2.75, 3.05) is 12.4 Å². The predicted octanol–water partition coefficient (Wildman–Crippen LogP) is 4.13. The Kier molecular flexibility index (Phi) is 8.23. The van der Waals surface area contributed by atoms with Crippen LogP contribution in [0.2, 0.25) is 0 Å². The number of hydrogen-bond donors (Lipinski definition) is 2. The molecule has 9 heteroatoms. The fraction of sp³-hybridized carbons (Fsp3) is 0.189. The summed E-state index contributed by atoms with van der Waals surface area (Å²) in [7, 11) is -4.26. The third kappa shape index (κ3) is 5.36. The number of hydrogen-bond acceptors (Lipinski definition) is 6. The SMILES string of the molecule is C.O=S(=O)([O-])CCCOc1ccc(-c2cc3c4c(c2)-c2cccc[n+]2C4(C#Cc2cc(CO)cc(CO)c2)[n+]2ccccc2-3)cc1. The number of benzene rings is 3. The van der Waals surface area contributed by atoms with Crippen molar-refractivity contribution in [1.29, 1.82) is 0 Å². The summed E-state index contributed by atoms with van der Waals surface area (Å²) >= 11 is 0. The highest BCUT2D eigenvalue weighted by molar-refractivity contribution is 7.85. The van der Waals surface area contributed by atoms with Crippen molar-refractivity contribution in [3.05, 3.63) is 126 Å². The fourth-order valence-corrected chi connectivity index (χ4v) is 6.84. The summed E-state index contributed by atoms with van der Waals surface area (Å²) in [6.45, 7) is -0.143. The number of nitrogens with zero attached hydrogens (tertiary/aromatic N) is 2. The van der Waals surface area contributed by atoms with E-state index < -0.39 is 21.5 Å². The molecule has 3 aromatic carbocycles. The van der Waals surface area contributed by atoms with Gasteiger partial charge in [0.2, 0.25) is 11.4 Å². The van der Waals surface area contributed by atoms with Gasteiger partial charge in [-0.25, -0.2) is 8.42 Å². The maximum atomic E-state index is 10.9. The van der Waals surface area contributed by atoms with Crippen molar-refractivity contribution in [2.45, 2.75) is 32.7 Å². The number of aliphatic hydroxyl groups is 2. The van der Waals surface area contributed by atoms with Crippen molar-refractivity contribution in [3.63, 3.8) is 0 Å². The molecule has 0 fully saturated rings. The van der Waals surface area contributed by atoms with E-state index >= 15 is 0 Å². The highest BCUT2D eigenvalue weighted by atomic mass is 32.2. The van der Waals surface area contributed by atoms with Crippen LogP contribution in [-0.4, -0.2) is 35.5 Å². The van der Waals surface area contributed by atoms with Crippen molar-refractivity contribution in [2.24, 2.45) is 0 Å². The molecule has 0 spiro atoms. The van der Waals surface area contributed by atoms with Gasteiger partial charge in [0, 0.05) is 35.6 Å². The number of aliphatic hydroxyl groups excluding tert-OH is 2. The van der Waals surface area contributed by atoms with E-state index in [4.69, 9.17) is 4.74 Å². The Morgan fingerprint density at radius 1 is 0.783 bits per heavy atom. The first kappa shape index (κ1) is 31.1. The van der Waals surface area contributed by atoms with Crippen molar-refractivity contribution in [1.82, 2.24) is 0 Å². The first-order valence-corrected chi connectivity index (χ1v) is 16.1. The van der Waals surface area contributed by atoms with Gasteiger partial charge >= 0.3 is 5.66 Å². The second-order valence-electron chi connectivity index (χ2n) is 11.1. The number of rotatable bonds is 8. The summed E-state index contributed by atoms with van der Waals surface area (Å²) in [5.74, 6) is 7.15. The molecular formula is C37H33N2O6S+. The lowest BCUT2D eigenvalue weighted by molar-refractivity contribution is -0.950. The molecule has 0 radical (unpaired) electrons. The molecule has 2 aliphatic rings. The van der Waals surface area contributed by atoms with Crippen molar-refractivity contribution >= 4 is 10.1 Å². The number of ether oxygens (including phenoxy) is 1. The zero-order chi connectivity index (χ0) is 31.2. The minimum absolute atomic E-state index is 0. The Morgan fingerprint density at radius 3 is 1.91 bits per heavy atom. The molecule has 7 rings (SSSR count). The van der Waals surface area contributed by atoms with Gasteiger partial charge in [-0.1, -0.05) is 31.5 Å². The Hall–Kier alpha value is -4.85. The quantitative estimate of drug-likeness (QED) is 0.115. The zero-order valence-corrected chi connectivity index (χ0v) is 25.0. The third-order valence-corrected chi connectivity index (χ3v) is 9.04. The smallest absolute Gasteiger partial charge is 0.455 e. The van der Waals surface area contributed by atoms with Crippen LogP contribution in [0.3, 0.4) is 0 Å². The first-order valence-electron chi connectivity index (χ1n) is 14.6. The monoisotopic (exact) mass is 633 g/mol. The molecule has 0 saturated heterocycles. The molecule has 2 aromatic heterocycles. The van der Waals surface area contributed by atoms with E-state index in [1.54, 1.807) is 6.07 Å². The van der Waals surface area contributed by atoms with Crippen LogP contribution in [0.4, 0.5) is 0 Å². The van der Waals surface area contributed by atoms with Crippen LogP contribution in [-0.2, 0) is 29.0 Å². The summed E-state index contributed by atoms with van der Waals surface area (Å²) in [5, 5.41) is 19.6. The van der Waals surface area contributed by atoms with Gasteiger partial charge in [-0.05, 0) is 77.2 Å². The standard InChI is InChI=1S/C36H29N2O6S.CH4/c39-23-26-18-25(19-27(20-26)24-40)12-13-36-35-31(33-6-1-3-14-37(33)36)21-29(22-32(35)34-7-2-4-15-38(34)36)28-8-10-30(11-9-28)44-16-5-17-45(41,42)43;/h1-4,6-11,14-15,18-22,39-40H,5,16-17,23-24H2;1H4/q+1;. The molecule has 8 nitrogen and oxygen atoms in total. The summed E-state index contributed by atoms with van der Waals surface area (Å²) in [4.78, 5) is 0. The summed E-state index contributed by atoms with van der Waals surface area (Å²) in [6, 6.07) is 29.7. The van der Waals surface area contributed by atoms with Crippen LogP contribution in [0.15, 0.2) is 103 Å². The lowest BCUT2D eigenvalue weighted by Gasteiger charge is -2.11. The molecule has 46 heavy (non-hydrogen) atoms. The average Bonchev–Trinajstić information content (AvgIpc) is 3.51. The maximum Gasteiger partial charge on any atom is 0.455 e. The minimum atomic E-state index is -4.26. The van der Waals surface area contributed by atoms with Crippen LogP contribution in [0.1, 0.15) is 36.1 Å². The Balaban J connectivity index is 0.00000372. The minimum Gasteiger partial charge on any atom is -0.748 e. The Morgan fingerprint density at radius 2 is 1.37 bits per heavy atom. The van der Waals surface area contributed by atoms with Gasteiger partial charge in [-0.15, -0.1) is 9.13 Å². The second kappa shape index (κ2) is 12.2. The van der Waals surface area contributed by atoms with Gasteiger partial charge in [0.1, 0.15) is 11.3 Å². The molecule has 2 aliphatic heterocycles. The predicted molar refractivity (Wildman–Crippen MR) is 172 cm³/mol. The molecule has 0 aliphatic carbocycles. The molecule has 0 amide bonds. The van der Waals surface area contributed by atoms with Gasteiger partial charge in [0.25, 0.3) is 0 Å². The Bertz CT molecular complexity index is 2040. The molecule has 4 heterocycles. The largest absolute Gasteiger partial charge is 0.748 e. The van der Waals surface area contributed by atoms with Crippen LogP contribution in [0.5, 0.6) is 5.75 Å². The summed E-state index contributed by atoms with van der Waals surface area (Å²) in [5.41, 5.74) is 8.55. The molecule has 5 aromatic rings. The van der Waals surface area contributed by atoms with E-state index in [9.17, 15) is 23.2 Å². The maximum absolute atomic E-state index is 10.9. The molecule has 0 bridgehead atoms. The van der Waals surface area contributed by atoms with Crippen molar-refractivity contribution < 1.29 is 37.1 Å². The van der Waals surface area contributed by atoms with Gasteiger partial charge in [0.15, 0.2) is 12.4 Å². The topological polar surface area (TPSA) is 115 Å². The lowest BCUT2D eigenvalue weighted by atomic mass is 9.90. The second-order valence-corrected chi connectivity index (χ2v) is 12.6. The summed E-state index contributed by atoms with van der Waals surface area (Å²) in [6.07, 6.45) is 4.24. The van der Waals surface area contributed by atoms with E-state index in [2.05, 4.69) is 57.6 Å². The van der Waals surface area contributed by atoms with Crippen LogP contribution in [0.25, 0.3) is 33.6 Å². The van der Waals surface area contributed by atoms with E-state index in [1.807, 2.05) is 60.7 Å². The lowest BCUT2D eigenvalue weighted by Crippen LogP contribution is -2.70. The normalized spacial score (nSPS) is 13.1. The van der Waals surface area contributed by atoms with Gasteiger partial charge in [-0.2, -0.15) is 0 Å². The van der Waals surface area contributed by atoms with E-state index in [0.29, 0.717) is 22.4 Å². The third-order valence-electron chi connectivity index (χ3n) is 8.25. The molecule has 232 valence electrons. The van der Waals surface area contributed by atoms with Gasteiger partial charge in [-0.3, -0.25) is 0 Å². The van der Waals surface area contributed by atoms with Crippen LogP contribution in [0, 0.1) is 11.8 Å². The van der Waals surface area contributed by atoms with Gasteiger partial charge < -0.3 is 19.5 Å². The highest BCUT2D eigenvalue weighted by Crippen LogP contribution is 2.47. The van der Waals surface area contributed by atoms with E-state index in [0.717, 1.165) is 39.2 Å². The first-order chi connectivity index (χ1) is 21.8. The molecule has 0 atom stereocenters. The number of aromatic nitrogens is 2. The summed E-state index contributed by atoms with van der Waals surface area (Å²) < 4.78 is 42.7. The Labute approximate surface area is 268 Å². The zero-order valence-electron chi connectivity index (χ0n) is 24.2.